The quantitative estimate of drug-likeness (QED) is 0.322. The second-order valence-corrected chi connectivity index (χ2v) is 7.24. The Morgan fingerprint density at radius 3 is 2.29 bits per heavy atom. The van der Waals surface area contributed by atoms with E-state index in [0.717, 1.165) is 12.1 Å². The van der Waals surface area contributed by atoms with Crippen LogP contribution < -0.4 is 16.0 Å². The van der Waals surface area contributed by atoms with Crippen molar-refractivity contribution in [2.75, 3.05) is 22.5 Å². The number of nitrogens with zero attached hydrogens (tertiary/aromatic N) is 1. The summed E-state index contributed by atoms with van der Waals surface area (Å²) in [5.74, 6) is -1.26. The minimum Gasteiger partial charge on any atom is -0.376 e. The van der Waals surface area contributed by atoms with E-state index in [1.807, 2.05) is 0 Å². The van der Waals surface area contributed by atoms with Crippen LogP contribution in [0.1, 0.15) is 21.5 Å². The third-order valence-electron chi connectivity index (χ3n) is 4.76. The van der Waals surface area contributed by atoms with Crippen molar-refractivity contribution < 1.29 is 27.7 Å². The molecular weight excluding hydrogens is 453 g/mol. The van der Waals surface area contributed by atoms with Gasteiger partial charge in [-0.15, -0.1) is 0 Å². The van der Waals surface area contributed by atoms with Gasteiger partial charge in [0.2, 0.25) is 5.91 Å². The molecule has 0 unspecified atom stereocenters. The molecule has 0 aliphatic carbocycles. The molecule has 0 saturated carbocycles. The van der Waals surface area contributed by atoms with E-state index in [-0.39, 0.29) is 28.3 Å². The first kappa shape index (κ1) is 24.2. The lowest BCUT2D eigenvalue weighted by Crippen LogP contribution is -2.23. The molecule has 0 saturated heterocycles. The molecule has 176 valence electrons. The number of halogens is 3. The highest BCUT2D eigenvalue weighted by Crippen LogP contribution is 2.36. The molecule has 2 amide bonds. The van der Waals surface area contributed by atoms with Crippen LogP contribution in [0.15, 0.2) is 66.7 Å². The molecule has 8 nitrogen and oxygen atoms in total. The molecule has 3 N–H and O–H groups in total. The van der Waals surface area contributed by atoms with Crippen LogP contribution in [0, 0.1) is 17.0 Å². The van der Waals surface area contributed by atoms with Crippen molar-refractivity contribution in [1.29, 1.82) is 0 Å². The van der Waals surface area contributed by atoms with Crippen LogP contribution in [0.2, 0.25) is 0 Å². The molecule has 0 spiro atoms. The van der Waals surface area contributed by atoms with Crippen LogP contribution >= 0.6 is 0 Å². The fraction of sp³-hybridized carbons (Fsp3) is 0.130. The maximum Gasteiger partial charge on any atom is 0.418 e. The predicted octanol–water partition coefficient (Wildman–Crippen LogP) is 5.22. The van der Waals surface area contributed by atoms with Crippen molar-refractivity contribution >= 4 is 34.6 Å². The van der Waals surface area contributed by atoms with Crippen LogP contribution in [0.25, 0.3) is 0 Å². The van der Waals surface area contributed by atoms with Crippen LogP contribution in [0.4, 0.5) is 35.9 Å². The highest BCUT2D eigenvalue weighted by atomic mass is 19.4. The van der Waals surface area contributed by atoms with Gasteiger partial charge in [0.25, 0.3) is 11.6 Å². The number of hydrogen-bond donors (Lipinski definition) is 3. The molecule has 0 fully saturated rings. The lowest BCUT2D eigenvalue weighted by molar-refractivity contribution is -0.384. The number of aryl methyl sites for hydroxylation is 1. The van der Waals surface area contributed by atoms with E-state index in [9.17, 15) is 32.9 Å². The van der Waals surface area contributed by atoms with Gasteiger partial charge in [0.1, 0.15) is 0 Å². The number of carbonyl (C=O) groups excluding carboxylic acids is 2. The second kappa shape index (κ2) is 10.0. The van der Waals surface area contributed by atoms with Crippen molar-refractivity contribution in [2.24, 2.45) is 0 Å². The van der Waals surface area contributed by atoms with Crippen molar-refractivity contribution in [3.8, 4) is 0 Å². The van der Waals surface area contributed by atoms with Crippen LogP contribution in [0.5, 0.6) is 0 Å². The van der Waals surface area contributed by atoms with Gasteiger partial charge >= 0.3 is 6.18 Å². The summed E-state index contributed by atoms with van der Waals surface area (Å²) < 4.78 is 40.8. The zero-order valence-corrected chi connectivity index (χ0v) is 17.8. The Bertz CT molecular complexity index is 1230. The predicted molar refractivity (Wildman–Crippen MR) is 121 cm³/mol. The number of anilines is 3. The summed E-state index contributed by atoms with van der Waals surface area (Å²) in [6.45, 7) is 1.10. The van der Waals surface area contributed by atoms with Crippen LogP contribution in [0.3, 0.4) is 0 Å². The van der Waals surface area contributed by atoms with Crippen LogP contribution in [-0.4, -0.2) is 23.3 Å². The molecule has 3 aromatic rings. The maximum absolute atomic E-state index is 13.6. The molecule has 0 radical (unpaired) electrons. The third-order valence-corrected chi connectivity index (χ3v) is 4.76. The minimum atomic E-state index is -4.76. The Hall–Kier alpha value is -4.41. The Morgan fingerprint density at radius 1 is 0.941 bits per heavy atom. The van der Waals surface area contributed by atoms with Crippen molar-refractivity contribution in [2.45, 2.75) is 13.1 Å². The smallest absolute Gasteiger partial charge is 0.376 e. The number of nitro groups is 1. The molecule has 11 heteroatoms. The van der Waals surface area contributed by atoms with E-state index in [0.29, 0.717) is 5.56 Å². The number of nitrogens with one attached hydrogen (secondary N) is 3. The Balaban J connectivity index is 1.73. The molecule has 0 atom stereocenters. The van der Waals surface area contributed by atoms with Gasteiger partial charge in [-0.1, -0.05) is 24.3 Å². The van der Waals surface area contributed by atoms with Crippen LogP contribution in [-0.2, 0) is 11.0 Å². The second-order valence-electron chi connectivity index (χ2n) is 7.24. The van der Waals surface area contributed by atoms with Crippen molar-refractivity contribution in [3.63, 3.8) is 0 Å². The first-order valence-electron chi connectivity index (χ1n) is 9.91. The van der Waals surface area contributed by atoms with E-state index >= 15 is 0 Å². The molecular formula is C23H19F3N4O4. The van der Waals surface area contributed by atoms with Gasteiger partial charge in [0, 0.05) is 29.1 Å². The summed E-state index contributed by atoms with van der Waals surface area (Å²) in [4.78, 5) is 34.8. The standard InChI is InChI=1S/C23H19F3N4O4/c1-14-7-9-17(30(33)34)12-20(14)29-21(31)13-27-19-10-8-16(11-18(19)23(24,25)26)28-22(32)15-5-3-2-4-6-15/h2-12,27H,13H2,1H3,(H,28,32)(H,29,31). The Labute approximate surface area is 191 Å². The van der Waals surface area contributed by atoms with Gasteiger partial charge in [-0.3, -0.25) is 19.7 Å². The average molecular weight is 472 g/mol. The normalized spacial score (nSPS) is 10.9. The fourth-order valence-electron chi connectivity index (χ4n) is 3.03. The average Bonchev–Trinajstić information content (AvgIpc) is 2.79. The molecule has 34 heavy (non-hydrogen) atoms. The summed E-state index contributed by atoms with van der Waals surface area (Å²) in [5, 5.41) is 18.2. The molecule has 0 bridgehead atoms. The molecule has 3 rings (SSSR count). The SMILES string of the molecule is Cc1ccc([N+](=O)[O-])cc1NC(=O)CNc1ccc(NC(=O)c2ccccc2)cc1C(F)(F)F. The first-order chi connectivity index (χ1) is 16.0. The van der Waals surface area contributed by atoms with Gasteiger partial charge in [-0.2, -0.15) is 13.2 Å². The number of rotatable bonds is 7. The summed E-state index contributed by atoms with van der Waals surface area (Å²) >= 11 is 0. The van der Waals surface area contributed by atoms with Gasteiger partial charge in [0.05, 0.1) is 22.7 Å². The topological polar surface area (TPSA) is 113 Å². The van der Waals surface area contributed by atoms with Gasteiger partial charge < -0.3 is 16.0 Å². The van der Waals surface area contributed by atoms with Gasteiger partial charge in [0.15, 0.2) is 0 Å². The van der Waals surface area contributed by atoms with Gasteiger partial charge in [-0.05, 0) is 42.8 Å². The Morgan fingerprint density at radius 2 is 1.65 bits per heavy atom. The number of carbonyl (C=O) groups is 2. The van der Waals surface area contributed by atoms with E-state index in [4.69, 9.17) is 0 Å². The lowest BCUT2D eigenvalue weighted by atomic mass is 10.1. The van der Waals surface area contributed by atoms with Crippen molar-refractivity contribution in [3.05, 3.63) is 93.5 Å². The van der Waals surface area contributed by atoms with Crippen molar-refractivity contribution in [1.82, 2.24) is 0 Å². The number of nitro benzene ring substituents is 1. The number of benzene rings is 3. The van der Waals surface area contributed by atoms with E-state index in [2.05, 4.69) is 16.0 Å². The monoisotopic (exact) mass is 472 g/mol. The zero-order valence-electron chi connectivity index (χ0n) is 17.8. The highest BCUT2D eigenvalue weighted by Gasteiger charge is 2.34. The number of non-ortho nitro benzene ring substituents is 1. The van der Waals surface area contributed by atoms with E-state index in [1.165, 1.54) is 36.4 Å². The largest absolute Gasteiger partial charge is 0.418 e. The third kappa shape index (κ3) is 6.09. The minimum absolute atomic E-state index is 0.0663. The number of amides is 2. The first-order valence-corrected chi connectivity index (χ1v) is 9.91. The summed E-state index contributed by atoms with van der Waals surface area (Å²) in [6, 6.07) is 15.1. The van der Waals surface area contributed by atoms with E-state index in [1.54, 1.807) is 25.1 Å². The van der Waals surface area contributed by atoms with E-state index < -0.39 is 35.0 Å². The maximum atomic E-state index is 13.6. The summed E-state index contributed by atoms with van der Waals surface area (Å²) in [5.41, 5.74) is -0.727. The number of alkyl halides is 3. The molecule has 3 aromatic carbocycles. The lowest BCUT2D eigenvalue weighted by Gasteiger charge is -2.17. The highest BCUT2D eigenvalue weighted by molar-refractivity contribution is 6.04. The Kier molecular flexibility index (Phi) is 7.15. The number of hydrogen-bond acceptors (Lipinski definition) is 5. The zero-order chi connectivity index (χ0) is 24.9. The summed E-state index contributed by atoms with van der Waals surface area (Å²) in [7, 11) is 0. The molecule has 0 aliphatic heterocycles. The fourth-order valence-corrected chi connectivity index (χ4v) is 3.03. The summed E-state index contributed by atoms with van der Waals surface area (Å²) in [6.07, 6.45) is -4.76. The van der Waals surface area contributed by atoms with Gasteiger partial charge in [-0.25, -0.2) is 0 Å². The molecule has 0 heterocycles. The molecule has 0 aromatic heterocycles. The molecule has 0 aliphatic rings.